The average molecular weight is 517 g/mol. The van der Waals surface area contributed by atoms with Gasteiger partial charge in [-0.05, 0) is 48.9 Å². The van der Waals surface area contributed by atoms with Gasteiger partial charge in [-0.25, -0.2) is 0 Å². The van der Waals surface area contributed by atoms with Crippen LogP contribution in [0.1, 0.15) is 38.4 Å². The van der Waals surface area contributed by atoms with E-state index in [4.69, 9.17) is 9.15 Å². The molecule has 0 aliphatic rings. The normalized spacial score (nSPS) is 11.9. The van der Waals surface area contributed by atoms with E-state index in [0.717, 1.165) is 24.2 Å². The van der Waals surface area contributed by atoms with Crippen molar-refractivity contribution >= 4 is 28.1 Å². The summed E-state index contributed by atoms with van der Waals surface area (Å²) in [5.41, 5.74) is 0.800. The molecule has 2 aromatic carbocycles. The number of thiazole rings is 1. The number of nitro benzene ring substituents is 1. The molecule has 0 atom stereocenters. The number of nitro groups is 1. The largest absolute Gasteiger partial charge is 0.494 e. The third-order valence-electron chi connectivity index (χ3n) is 5.83. The molecule has 0 aliphatic carbocycles. The first-order valence-corrected chi connectivity index (χ1v) is 12.8. The summed E-state index contributed by atoms with van der Waals surface area (Å²) >= 11 is 1.20. The maximum atomic E-state index is 12.9. The number of rotatable bonds is 10. The van der Waals surface area contributed by atoms with Crippen LogP contribution in [0.3, 0.4) is 0 Å². The van der Waals surface area contributed by atoms with Crippen LogP contribution in [0.5, 0.6) is 5.75 Å². The summed E-state index contributed by atoms with van der Waals surface area (Å²) in [5.74, 6) is 2.00. The van der Waals surface area contributed by atoms with Gasteiger partial charge in [-0.15, -0.1) is 5.10 Å². The Hall–Kier alpha value is -4.31. The smallest absolute Gasteiger partial charge is 0.291 e. The first kappa shape index (κ1) is 24.4. The SMILES string of the molecule is CCCCCCOc1ccc(-c2nc3sc(=Cc4ccc(-c5ccccc5[N+](=O)[O-])o4)c(=O)n3n2)cc1. The van der Waals surface area contributed by atoms with E-state index >= 15 is 0 Å². The van der Waals surface area contributed by atoms with Gasteiger partial charge in [-0.2, -0.15) is 9.50 Å². The molecule has 3 aromatic heterocycles. The van der Waals surface area contributed by atoms with E-state index in [0.29, 0.717) is 39.0 Å². The number of aromatic nitrogens is 3. The van der Waals surface area contributed by atoms with Crippen molar-refractivity contribution in [2.45, 2.75) is 32.6 Å². The molecule has 3 heterocycles. The Morgan fingerprint density at radius 2 is 1.89 bits per heavy atom. The van der Waals surface area contributed by atoms with Crippen LogP contribution in [-0.2, 0) is 0 Å². The second kappa shape index (κ2) is 10.8. The monoisotopic (exact) mass is 516 g/mol. The zero-order valence-corrected chi connectivity index (χ0v) is 20.9. The van der Waals surface area contributed by atoms with Crippen LogP contribution >= 0.6 is 11.3 Å². The van der Waals surface area contributed by atoms with Crippen molar-refractivity contribution in [2.24, 2.45) is 0 Å². The molecule has 0 saturated heterocycles. The molecular weight excluding hydrogens is 492 g/mol. The minimum absolute atomic E-state index is 0.0502. The van der Waals surface area contributed by atoms with Crippen LogP contribution in [-0.4, -0.2) is 26.1 Å². The zero-order chi connectivity index (χ0) is 25.8. The van der Waals surface area contributed by atoms with Crippen molar-refractivity contribution < 1.29 is 14.1 Å². The van der Waals surface area contributed by atoms with Gasteiger partial charge in [0.2, 0.25) is 4.96 Å². The Labute approximate surface area is 215 Å². The number of fused-ring (bicyclic) bond motifs is 1. The maximum Gasteiger partial charge on any atom is 0.291 e. The number of hydrogen-bond donors (Lipinski definition) is 0. The molecule has 0 saturated carbocycles. The van der Waals surface area contributed by atoms with E-state index in [2.05, 4.69) is 17.0 Å². The summed E-state index contributed by atoms with van der Waals surface area (Å²) < 4.78 is 13.2. The molecule has 9 nitrogen and oxygen atoms in total. The predicted molar refractivity (Wildman–Crippen MR) is 142 cm³/mol. The lowest BCUT2D eigenvalue weighted by atomic mass is 10.1. The van der Waals surface area contributed by atoms with Gasteiger partial charge in [0.1, 0.15) is 21.8 Å². The lowest BCUT2D eigenvalue weighted by molar-refractivity contribution is -0.384. The predicted octanol–water partition coefficient (Wildman–Crippen LogP) is 5.49. The molecular formula is C27H24N4O5S. The minimum Gasteiger partial charge on any atom is -0.494 e. The number of para-hydroxylation sites is 1. The molecule has 0 unspecified atom stereocenters. The molecule has 0 radical (unpaired) electrons. The summed E-state index contributed by atoms with van der Waals surface area (Å²) in [6.45, 7) is 2.87. The van der Waals surface area contributed by atoms with Crippen molar-refractivity contribution in [1.82, 2.24) is 14.6 Å². The van der Waals surface area contributed by atoms with Crippen molar-refractivity contribution in [2.75, 3.05) is 6.61 Å². The Morgan fingerprint density at radius 3 is 2.65 bits per heavy atom. The van der Waals surface area contributed by atoms with Gasteiger partial charge < -0.3 is 9.15 Å². The van der Waals surface area contributed by atoms with Gasteiger partial charge in [0.15, 0.2) is 5.82 Å². The number of hydrogen-bond acceptors (Lipinski definition) is 8. The topological polar surface area (TPSA) is 113 Å². The number of ether oxygens (including phenoxy) is 1. The summed E-state index contributed by atoms with van der Waals surface area (Å²) in [6, 6.07) is 17.2. The molecule has 0 amide bonds. The van der Waals surface area contributed by atoms with Gasteiger partial charge in [-0.3, -0.25) is 14.9 Å². The first-order valence-electron chi connectivity index (χ1n) is 12.0. The molecule has 5 rings (SSSR count). The van der Waals surface area contributed by atoms with Crippen molar-refractivity contribution in [1.29, 1.82) is 0 Å². The summed E-state index contributed by atoms with van der Waals surface area (Å²) in [6.07, 6.45) is 6.20. The van der Waals surface area contributed by atoms with E-state index in [-0.39, 0.29) is 11.2 Å². The summed E-state index contributed by atoms with van der Waals surface area (Å²) in [7, 11) is 0. The fourth-order valence-electron chi connectivity index (χ4n) is 3.92. The number of furan rings is 1. The molecule has 188 valence electrons. The highest BCUT2D eigenvalue weighted by atomic mass is 32.1. The second-order valence-corrected chi connectivity index (χ2v) is 9.46. The quantitative estimate of drug-likeness (QED) is 0.137. The van der Waals surface area contributed by atoms with E-state index in [1.807, 2.05) is 24.3 Å². The van der Waals surface area contributed by atoms with Gasteiger partial charge in [0, 0.05) is 17.7 Å². The Bertz CT molecular complexity index is 1650. The number of unbranched alkanes of at least 4 members (excludes halogenated alkanes) is 3. The fourth-order valence-corrected chi connectivity index (χ4v) is 4.81. The van der Waals surface area contributed by atoms with Crippen LogP contribution in [0.4, 0.5) is 5.69 Å². The molecule has 5 aromatic rings. The standard InChI is InChI=1S/C27H24N4O5S/c1-2-3-4-7-16-35-19-12-10-18(11-13-19)25-28-27-30(29-25)26(32)24(37-27)17-20-14-15-23(36-20)21-8-5-6-9-22(21)31(33)34/h5-6,8-15,17H,2-4,7,16H2,1H3. The lowest BCUT2D eigenvalue weighted by Gasteiger charge is -2.06. The van der Waals surface area contributed by atoms with Gasteiger partial charge in [-0.1, -0.05) is 49.7 Å². The molecule has 0 aliphatic heterocycles. The molecule has 37 heavy (non-hydrogen) atoms. The zero-order valence-electron chi connectivity index (χ0n) is 20.1. The molecule has 0 spiro atoms. The minimum atomic E-state index is -0.455. The molecule has 0 fully saturated rings. The summed E-state index contributed by atoms with van der Waals surface area (Å²) in [5, 5.41) is 15.7. The van der Waals surface area contributed by atoms with Gasteiger partial charge in [0.25, 0.3) is 11.2 Å². The molecule has 10 heteroatoms. The molecule has 0 N–H and O–H groups in total. The average Bonchev–Trinajstić information content (AvgIpc) is 3.62. The Kier molecular flexibility index (Phi) is 7.09. The van der Waals surface area contributed by atoms with E-state index in [1.165, 1.54) is 34.8 Å². The maximum absolute atomic E-state index is 12.9. The fraction of sp³-hybridized carbons (Fsp3) is 0.222. The lowest BCUT2D eigenvalue weighted by Crippen LogP contribution is -2.23. The summed E-state index contributed by atoms with van der Waals surface area (Å²) in [4.78, 5) is 28.8. The van der Waals surface area contributed by atoms with Crippen LogP contribution in [0.15, 0.2) is 69.9 Å². The van der Waals surface area contributed by atoms with Crippen LogP contribution in [0, 0.1) is 10.1 Å². The number of nitrogens with zero attached hydrogens (tertiary/aromatic N) is 4. The highest BCUT2D eigenvalue weighted by Gasteiger charge is 2.17. The van der Waals surface area contributed by atoms with E-state index in [9.17, 15) is 14.9 Å². The first-order chi connectivity index (χ1) is 18.0. The van der Waals surface area contributed by atoms with E-state index < -0.39 is 4.92 Å². The van der Waals surface area contributed by atoms with Gasteiger partial charge in [0.05, 0.1) is 17.1 Å². The van der Waals surface area contributed by atoms with Crippen LogP contribution in [0.2, 0.25) is 0 Å². The Balaban J connectivity index is 1.34. The van der Waals surface area contributed by atoms with Gasteiger partial charge >= 0.3 is 0 Å². The Morgan fingerprint density at radius 1 is 1.08 bits per heavy atom. The third-order valence-corrected chi connectivity index (χ3v) is 6.79. The van der Waals surface area contributed by atoms with E-state index in [1.54, 1.807) is 36.4 Å². The van der Waals surface area contributed by atoms with Crippen molar-refractivity contribution in [3.05, 3.63) is 91.4 Å². The van der Waals surface area contributed by atoms with Crippen molar-refractivity contribution in [3.8, 4) is 28.5 Å². The number of benzene rings is 2. The molecule has 0 bridgehead atoms. The highest BCUT2D eigenvalue weighted by molar-refractivity contribution is 7.15. The highest BCUT2D eigenvalue weighted by Crippen LogP contribution is 2.31. The third kappa shape index (κ3) is 5.29. The second-order valence-electron chi connectivity index (χ2n) is 8.46. The van der Waals surface area contributed by atoms with Crippen LogP contribution < -0.4 is 14.8 Å². The van der Waals surface area contributed by atoms with Crippen LogP contribution in [0.25, 0.3) is 33.7 Å². The van der Waals surface area contributed by atoms with Crippen molar-refractivity contribution in [3.63, 3.8) is 0 Å².